The lowest BCUT2D eigenvalue weighted by atomic mass is 9.74. The minimum absolute atomic E-state index is 0.680. The molecule has 0 saturated carbocycles. The summed E-state index contributed by atoms with van der Waals surface area (Å²) in [7, 11) is 0. The molecule has 19 heavy (non-hydrogen) atoms. The molecule has 1 aromatic carbocycles. The van der Waals surface area contributed by atoms with Crippen LogP contribution in [0.5, 0.6) is 0 Å². The summed E-state index contributed by atoms with van der Waals surface area (Å²) in [6, 6.07) is 10.8. The fourth-order valence-corrected chi connectivity index (χ4v) is 3.75. The Hall–Kier alpha value is -0.900. The zero-order chi connectivity index (χ0) is 13.1. The predicted molar refractivity (Wildman–Crippen MR) is 76.7 cm³/mol. The van der Waals surface area contributed by atoms with Gasteiger partial charge in [-0.3, -0.25) is 4.90 Å². The highest BCUT2D eigenvalue weighted by Gasteiger charge is 2.39. The third-order valence-corrected chi connectivity index (χ3v) is 4.61. The van der Waals surface area contributed by atoms with E-state index in [9.17, 15) is 0 Å². The van der Waals surface area contributed by atoms with Crippen LogP contribution in [0.1, 0.15) is 12.0 Å². The summed E-state index contributed by atoms with van der Waals surface area (Å²) in [5.74, 6) is 2.14. The van der Waals surface area contributed by atoms with Gasteiger partial charge in [-0.05, 0) is 36.3 Å². The van der Waals surface area contributed by atoms with Crippen molar-refractivity contribution in [3.8, 4) is 0 Å². The van der Waals surface area contributed by atoms with Crippen LogP contribution in [0.3, 0.4) is 0 Å². The summed E-state index contributed by atoms with van der Waals surface area (Å²) in [6.07, 6.45) is 1.16. The topological polar surface area (TPSA) is 38.5 Å². The number of hydrogen-bond donors (Lipinski definition) is 1. The van der Waals surface area contributed by atoms with Gasteiger partial charge in [0, 0.05) is 19.6 Å². The quantitative estimate of drug-likeness (QED) is 0.896. The molecule has 2 bridgehead atoms. The van der Waals surface area contributed by atoms with Crippen LogP contribution in [0, 0.1) is 17.8 Å². The second-order valence-corrected chi connectivity index (χ2v) is 5.98. The Balaban J connectivity index is 1.64. The molecule has 3 nitrogen and oxygen atoms in total. The number of piperidine rings is 1. The highest BCUT2D eigenvalue weighted by molar-refractivity contribution is 5.14. The lowest BCUT2D eigenvalue weighted by molar-refractivity contribution is -0.0865. The van der Waals surface area contributed by atoms with Gasteiger partial charge in [-0.15, -0.1) is 0 Å². The molecule has 3 heteroatoms. The van der Waals surface area contributed by atoms with Gasteiger partial charge in [0.2, 0.25) is 0 Å². The summed E-state index contributed by atoms with van der Waals surface area (Å²) < 4.78 is 5.74. The molecule has 2 aliphatic rings. The van der Waals surface area contributed by atoms with E-state index in [-0.39, 0.29) is 0 Å². The van der Waals surface area contributed by atoms with E-state index in [1.54, 1.807) is 0 Å². The van der Waals surface area contributed by atoms with E-state index >= 15 is 0 Å². The molecule has 2 unspecified atom stereocenters. The molecule has 0 amide bonds. The Morgan fingerprint density at radius 2 is 1.79 bits per heavy atom. The molecule has 3 rings (SSSR count). The molecule has 2 aliphatic heterocycles. The van der Waals surface area contributed by atoms with Gasteiger partial charge in [-0.2, -0.15) is 0 Å². The molecule has 2 atom stereocenters. The number of nitrogens with two attached hydrogens (primary N) is 1. The van der Waals surface area contributed by atoms with Gasteiger partial charge < -0.3 is 10.5 Å². The first-order valence-electron chi connectivity index (χ1n) is 7.41. The second-order valence-electron chi connectivity index (χ2n) is 5.98. The largest absolute Gasteiger partial charge is 0.381 e. The molecule has 1 aromatic rings. The van der Waals surface area contributed by atoms with E-state index in [4.69, 9.17) is 10.5 Å². The summed E-state index contributed by atoms with van der Waals surface area (Å²) in [5, 5.41) is 0. The smallest absolute Gasteiger partial charge is 0.0509 e. The van der Waals surface area contributed by atoms with Gasteiger partial charge in [0.25, 0.3) is 0 Å². The monoisotopic (exact) mass is 260 g/mol. The van der Waals surface area contributed by atoms with Gasteiger partial charge >= 0.3 is 0 Å². The van der Waals surface area contributed by atoms with Crippen LogP contribution in [-0.2, 0) is 11.3 Å². The number of nitrogens with zero attached hydrogens (tertiary/aromatic N) is 1. The molecule has 0 aliphatic carbocycles. The van der Waals surface area contributed by atoms with Crippen molar-refractivity contribution in [2.24, 2.45) is 23.5 Å². The van der Waals surface area contributed by atoms with Gasteiger partial charge in [-0.25, -0.2) is 0 Å². The zero-order valence-electron chi connectivity index (χ0n) is 11.5. The highest BCUT2D eigenvalue weighted by Crippen LogP contribution is 2.35. The summed E-state index contributed by atoms with van der Waals surface area (Å²) >= 11 is 0. The Labute approximate surface area is 115 Å². The van der Waals surface area contributed by atoms with Gasteiger partial charge in [0.15, 0.2) is 0 Å². The van der Waals surface area contributed by atoms with Crippen molar-refractivity contribution in [1.29, 1.82) is 0 Å². The summed E-state index contributed by atoms with van der Waals surface area (Å²) in [5.41, 5.74) is 7.18. The fourth-order valence-electron chi connectivity index (χ4n) is 3.75. The highest BCUT2D eigenvalue weighted by atomic mass is 16.5. The van der Waals surface area contributed by atoms with Gasteiger partial charge in [0.1, 0.15) is 0 Å². The second kappa shape index (κ2) is 6.04. The number of hydrogen-bond acceptors (Lipinski definition) is 3. The van der Waals surface area contributed by atoms with Crippen molar-refractivity contribution in [2.45, 2.75) is 13.0 Å². The van der Waals surface area contributed by atoms with Crippen molar-refractivity contribution in [1.82, 2.24) is 4.90 Å². The Bertz CT molecular complexity index is 381. The number of likely N-dealkylation sites (tertiary alicyclic amines) is 1. The first kappa shape index (κ1) is 13.1. The van der Waals surface area contributed by atoms with Gasteiger partial charge in [0.05, 0.1) is 13.2 Å². The van der Waals surface area contributed by atoms with Crippen LogP contribution in [0.15, 0.2) is 30.3 Å². The first-order chi connectivity index (χ1) is 9.36. The maximum Gasteiger partial charge on any atom is 0.0509 e. The molecule has 0 spiro atoms. The van der Waals surface area contributed by atoms with Gasteiger partial charge in [-0.1, -0.05) is 30.3 Å². The Morgan fingerprint density at radius 1 is 1.11 bits per heavy atom. The zero-order valence-corrected chi connectivity index (χ0v) is 11.5. The summed E-state index contributed by atoms with van der Waals surface area (Å²) in [4.78, 5) is 2.60. The average molecular weight is 260 g/mol. The van der Waals surface area contributed by atoms with Crippen molar-refractivity contribution in [3.63, 3.8) is 0 Å². The van der Waals surface area contributed by atoms with Crippen molar-refractivity contribution < 1.29 is 4.74 Å². The van der Waals surface area contributed by atoms with E-state index in [1.807, 2.05) is 0 Å². The Kier molecular flexibility index (Phi) is 4.16. The lowest BCUT2D eigenvalue weighted by Crippen LogP contribution is -2.52. The molecule has 2 heterocycles. The van der Waals surface area contributed by atoms with E-state index < -0.39 is 0 Å². The van der Waals surface area contributed by atoms with Crippen LogP contribution in [0.25, 0.3) is 0 Å². The maximum atomic E-state index is 5.77. The first-order valence-corrected chi connectivity index (χ1v) is 7.41. The number of benzene rings is 1. The van der Waals surface area contributed by atoms with Crippen LogP contribution in [0.2, 0.25) is 0 Å². The number of rotatable bonds is 4. The molecule has 2 N–H and O–H groups in total. The normalized spacial score (nSPS) is 31.3. The van der Waals surface area contributed by atoms with E-state index in [0.717, 1.165) is 51.7 Å². The minimum Gasteiger partial charge on any atom is -0.381 e. The number of fused-ring (bicyclic) bond motifs is 2. The standard InChI is InChI=1S/C16H24N2O/c17-7-6-16-14-9-18(10-15(16)12-19-11-14)8-13-4-2-1-3-5-13/h1-5,14-16H,6-12,17H2. The van der Waals surface area contributed by atoms with Crippen LogP contribution in [0.4, 0.5) is 0 Å². The molecule has 104 valence electrons. The SMILES string of the molecule is NCCC1C2COCC1CN(Cc1ccccc1)C2. The third-order valence-electron chi connectivity index (χ3n) is 4.61. The van der Waals surface area contributed by atoms with Crippen molar-refractivity contribution in [2.75, 3.05) is 32.8 Å². The maximum absolute atomic E-state index is 5.77. The molecular weight excluding hydrogens is 236 g/mol. The molecular formula is C16H24N2O. The van der Waals surface area contributed by atoms with Crippen LogP contribution in [-0.4, -0.2) is 37.7 Å². The molecule has 0 aromatic heterocycles. The summed E-state index contributed by atoms with van der Waals surface area (Å²) in [6.45, 7) is 6.06. The minimum atomic E-state index is 0.680. The Morgan fingerprint density at radius 3 is 2.42 bits per heavy atom. The fraction of sp³-hybridized carbons (Fsp3) is 0.625. The van der Waals surface area contributed by atoms with E-state index in [1.165, 1.54) is 5.56 Å². The molecule has 2 fully saturated rings. The average Bonchev–Trinajstić information content (AvgIpc) is 2.41. The van der Waals surface area contributed by atoms with Crippen LogP contribution < -0.4 is 5.73 Å². The van der Waals surface area contributed by atoms with E-state index in [0.29, 0.717) is 11.8 Å². The van der Waals surface area contributed by atoms with Crippen LogP contribution >= 0.6 is 0 Å². The predicted octanol–water partition coefficient (Wildman–Crippen LogP) is 1.73. The van der Waals surface area contributed by atoms with Crippen molar-refractivity contribution >= 4 is 0 Å². The third kappa shape index (κ3) is 2.99. The van der Waals surface area contributed by atoms with E-state index in [2.05, 4.69) is 35.2 Å². The lowest BCUT2D eigenvalue weighted by Gasteiger charge is -2.47. The number of ether oxygens (including phenoxy) is 1. The molecule has 2 saturated heterocycles. The van der Waals surface area contributed by atoms with Crippen molar-refractivity contribution in [3.05, 3.63) is 35.9 Å². The molecule has 0 radical (unpaired) electrons.